The van der Waals surface area contributed by atoms with Crippen LogP contribution < -0.4 is 9.46 Å². The van der Waals surface area contributed by atoms with Gasteiger partial charge in [-0.3, -0.25) is 4.72 Å². The lowest BCUT2D eigenvalue weighted by atomic mass is 9.83. The van der Waals surface area contributed by atoms with Crippen molar-refractivity contribution in [2.24, 2.45) is 0 Å². The van der Waals surface area contributed by atoms with Crippen LogP contribution >= 0.6 is 0 Å². The molecule has 1 aliphatic heterocycles. The van der Waals surface area contributed by atoms with Crippen LogP contribution in [0.4, 0.5) is 19.0 Å². The molecule has 0 saturated heterocycles. The van der Waals surface area contributed by atoms with E-state index in [2.05, 4.69) is 14.7 Å². The molecule has 2 heterocycles. The minimum Gasteiger partial charge on any atom is -0.493 e. The predicted octanol–water partition coefficient (Wildman–Crippen LogP) is 4.40. The summed E-state index contributed by atoms with van der Waals surface area (Å²) in [6.45, 7) is 0.571. The molecule has 3 aromatic rings. The highest BCUT2D eigenvalue weighted by atomic mass is 32.2. The third-order valence-electron chi connectivity index (χ3n) is 5.58. The number of nitrogens with one attached hydrogen (secondary N) is 1. The zero-order valence-corrected chi connectivity index (χ0v) is 19.0. The molecule has 0 fully saturated rings. The van der Waals surface area contributed by atoms with Crippen molar-refractivity contribution in [3.8, 4) is 5.75 Å². The Balaban J connectivity index is 1.69. The van der Waals surface area contributed by atoms with Gasteiger partial charge in [0, 0.05) is 30.9 Å². The molecule has 2 aromatic carbocycles. The summed E-state index contributed by atoms with van der Waals surface area (Å²) in [6, 6.07) is 9.67. The maximum absolute atomic E-state index is 13.3. The molecule has 1 aromatic heterocycles. The number of anilines is 1. The monoisotopic (exact) mass is 493 g/mol. The first-order valence-electron chi connectivity index (χ1n) is 10.4. The van der Waals surface area contributed by atoms with E-state index in [-0.39, 0.29) is 23.2 Å². The summed E-state index contributed by atoms with van der Waals surface area (Å²) < 4.78 is 78.7. The first-order chi connectivity index (χ1) is 16.2. The Hall–Kier alpha value is -3.18. The second-order valence-electron chi connectivity index (χ2n) is 7.74. The van der Waals surface area contributed by atoms with Crippen molar-refractivity contribution in [3.63, 3.8) is 0 Å². The fourth-order valence-electron chi connectivity index (χ4n) is 3.96. The van der Waals surface area contributed by atoms with E-state index in [1.54, 1.807) is 6.07 Å². The smallest absolute Gasteiger partial charge is 0.416 e. The van der Waals surface area contributed by atoms with Crippen molar-refractivity contribution in [1.82, 2.24) is 9.97 Å². The fourth-order valence-corrected chi connectivity index (χ4v) is 4.98. The van der Waals surface area contributed by atoms with E-state index in [1.165, 1.54) is 43.9 Å². The second kappa shape index (κ2) is 9.59. The van der Waals surface area contributed by atoms with Crippen LogP contribution in [0.1, 0.15) is 34.6 Å². The number of hydrogen-bond acceptors (Lipinski definition) is 6. The van der Waals surface area contributed by atoms with E-state index < -0.39 is 21.8 Å². The summed E-state index contributed by atoms with van der Waals surface area (Å²) in [5.74, 6) is 0.253. The molecule has 0 bridgehead atoms. The third kappa shape index (κ3) is 5.15. The third-order valence-corrected chi connectivity index (χ3v) is 6.93. The normalized spacial score (nSPS) is 15.9. The van der Waals surface area contributed by atoms with E-state index >= 15 is 0 Å². The van der Waals surface area contributed by atoms with Crippen molar-refractivity contribution >= 4 is 15.8 Å². The number of fused-ring (bicyclic) bond motifs is 1. The number of benzene rings is 2. The molecule has 7 nitrogen and oxygen atoms in total. The molecule has 1 atom stereocenters. The van der Waals surface area contributed by atoms with Gasteiger partial charge in [0.05, 0.1) is 23.7 Å². The number of nitrogens with zero attached hydrogens (tertiary/aromatic N) is 2. The van der Waals surface area contributed by atoms with E-state index in [4.69, 9.17) is 9.47 Å². The highest BCUT2D eigenvalue weighted by Gasteiger charge is 2.33. The van der Waals surface area contributed by atoms with E-state index in [1.807, 2.05) is 0 Å². The number of ether oxygens (including phenoxy) is 2. The number of halogens is 3. The van der Waals surface area contributed by atoms with Gasteiger partial charge in [-0.05, 0) is 48.2 Å². The topological polar surface area (TPSA) is 90.4 Å². The average molecular weight is 494 g/mol. The van der Waals surface area contributed by atoms with Crippen LogP contribution in [0.15, 0.2) is 59.9 Å². The Labute approximate surface area is 195 Å². The van der Waals surface area contributed by atoms with Gasteiger partial charge >= 0.3 is 6.18 Å². The minimum absolute atomic E-state index is 0.0162. The second-order valence-corrected chi connectivity index (χ2v) is 9.43. The lowest BCUT2D eigenvalue weighted by Gasteiger charge is -2.29. The van der Waals surface area contributed by atoms with Gasteiger partial charge in [-0.2, -0.15) is 13.2 Å². The molecular weight excluding hydrogens is 471 g/mol. The molecule has 180 valence electrons. The van der Waals surface area contributed by atoms with Gasteiger partial charge in [0.1, 0.15) is 17.9 Å². The Morgan fingerprint density at radius 1 is 1.15 bits per heavy atom. The van der Waals surface area contributed by atoms with E-state index in [0.29, 0.717) is 36.3 Å². The summed E-state index contributed by atoms with van der Waals surface area (Å²) in [4.78, 5) is 7.60. The van der Waals surface area contributed by atoms with Crippen LogP contribution in [0.3, 0.4) is 0 Å². The van der Waals surface area contributed by atoms with Gasteiger partial charge in [0.25, 0.3) is 10.0 Å². The molecule has 0 aliphatic carbocycles. The lowest BCUT2D eigenvalue weighted by molar-refractivity contribution is -0.137. The Morgan fingerprint density at radius 2 is 1.94 bits per heavy atom. The number of aromatic nitrogens is 2. The van der Waals surface area contributed by atoms with Crippen LogP contribution in [0.2, 0.25) is 0 Å². The maximum Gasteiger partial charge on any atom is 0.416 e. The van der Waals surface area contributed by atoms with Gasteiger partial charge in [-0.1, -0.05) is 12.1 Å². The molecule has 0 spiro atoms. The maximum atomic E-state index is 13.3. The quantitative estimate of drug-likeness (QED) is 0.525. The van der Waals surface area contributed by atoms with Crippen LogP contribution in [-0.4, -0.2) is 38.7 Å². The molecular formula is C23H22F3N3O4S. The van der Waals surface area contributed by atoms with Crippen molar-refractivity contribution < 1.29 is 31.1 Å². The number of alkyl halides is 3. The van der Waals surface area contributed by atoms with Gasteiger partial charge in [-0.15, -0.1) is 0 Å². The Morgan fingerprint density at radius 3 is 2.65 bits per heavy atom. The molecule has 0 radical (unpaired) electrons. The van der Waals surface area contributed by atoms with Crippen molar-refractivity contribution in [3.05, 3.63) is 77.2 Å². The van der Waals surface area contributed by atoms with Gasteiger partial charge in [0.15, 0.2) is 0 Å². The van der Waals surface area contributed by atoms with Crippen molar-refractivity contribution in [2.45, 2.75) is 29.8 Å². The zero-order chi connectivity index (χ0) is 24.3. The van der Waals surface area contributed by atoms with Gasteiger partial charge in [0.2, 0.25) is 0 Å². The summed E-state index contributed by atoms with van der Waals surface area (Å²) in [5.41, 5.74) is 1.28. The Bertz CT molecular complexity index is 1270. The summed E-state index contributed by atoms with van der Waals surface area (Å²) in [5, 5.41) is 0. The summed E-state index contributed by atoms with van der Waals surface area (Å²) >= 11 is 0. The Kier molecular flexibility index (Phi) is 6.76. The molecule has 4 rings (SSSR count). The number of hydrogen-bond donors (Lipinski definition) is 1. The minimum atomic E-state index is -4.45. The average Bonchev–Trinajstić information content (AvgIpc) is 2.81. The standard InChI is InChI=1S/C23H22F3N3O4S/c1-32-10-7-15-12-16(23(24,25)26)2-4-18(15)19-8-11-33-21-13-17(3-5-20(19)21)34(30,31)29-22-6-9-27-14-28-22/h2-6,9,12-14,19H,7-8,10-11H2,1H3,(H,27,28,29). The molecule has 34 heavy (non-hydrogen) atoms. The fraction of sp³-hybridized carbons (Fsp3) is 0.304. The highest BCUT2D eigenvalue weighted by Crippen LogP contribution is 2.42. The number of methoxy groups -OCH3 is 1. The molecule has 1 unspecified atom stereocenters. The molecule has 0 saturated carbocycles. The highest BCUT2D eigenvalue weighted by molar-refractivity contribution is 7.92. The first kappa shape index (κ1) is 24.0. The predicted molar refractivity (Wildman–Crippen MR) is 118 cm³/mol. The largest absolute Gasteiger partial charge is 0.493 e. The van der Waals surface area contributed by atoms with Crippen LogP contribution in [0.5, 0.6) is 5.75 Å². The van der Waals surface area contributed by atoms with Gasteiger partial charge in [-0.25, -0.2) is 18.4 Å². The first-order valence-corrected chi connectivity index (χ1v) is 11.9. The van der Waals surface area contributed by atoms with Crippen LogP contribution in [0.25, 0.3) is 0 Å². The lowest BCUT2D eigenvalue weighted by Crippen LogP contribution is -2.19. The van der Waals surface area contributed by atoms with E-state index in [9.17, 15) is 21.6 Å². The molecule has 1 aliphatic rings. The van der Waals surface area contributed by atoms with Gasteiger partial charge < -0.3 is 9.47 Å². The molecule has 11 heteroatoms. The van der Waals surface area contributed by atoms with Crippen molar-refractivity contribution in [1.29, 1.82) is 0 Å². The summed E-state index contributed by atoms with van der Waals surface area (Å²) in [7, 11) is -2.44. The van der Waals surface area contributed by atoms with Crippen LogP contribution in [-0.2, 0) is 27.4 Å². The number of sulfonamides is 1. The molecule has 1 N–H and O–H groups in total. The van der Waals surface area contributed by atoms with E-state index in [0.717, 1.165) is 17.7 Å². The SMILES string of the molecule is COCCc1cc(C(F)(F)F)ccc1C1CCOc2cc(S(=O)(=O)Nc3ccncn3)ccc21. The zero-order valence-electron chi connectivity index (χ0n) is 18.2. The van der Waals surface area contributed by atoms with Crippen molar-refractivity contribution in [2.75, 3.05) is 25.0 Å². The van der Waals surface area contributed by atoms with Crippen LogP contribution in [0, 0.1) is 0 Å². The molecule has 0 amide bonds. The number of rotatable bonds is 7. The summed E-state index contributed by atoms with van der Waals surface area (Å²) in [6.07, 6.45) is -0.949.